The number of nitrogens with zero attached hydrogens (tertiary/aromatic N) is 1. The number of benzene rings is 2. The number of anilines is 2. The summed E-state index contributed by atoms with van der Waals surface area (Å²) in [6.45, 7) is -0.0685. The van der Waals surface area contributed by atoms with E-state index in [4.69, 9.17) is 23.2 Å². The van der Waals surface area contributed by atoms with Crippen LogP contribution in [0.25, 0.3) is 0 Å². The van der Waals surface area contributed by atoms with Crippen LogP contribution in [0, 0.1) is 0 Å². The summed E-state index contributed by atoms with van der Waals surface area (Å²) in [7, 11) is -3.65. The van der Waals surface area contributed by atoms with Gasteiger partial charge in [0.25, 0.3) is 0 Å². The van der Waals surface area contributed by atoms with Gasteiger partial charge in [-0.3, -0.25) is 9.10 Å². The molecule has 8 heteroatoms. The largest absolute Gasteiger partial charge is 0.326 e. The van der Waals surface area contributed by atoms with Crippen LogP contribution in [0.1, 0.15) is 6.42 Å². The molecule has 0 spiro atoms. The molecule has 2 aromatic carbocycles. The minimum Gasteiger partial charge on any atom is -0.326 e. The summed E-state index contributed by atoms with van der Waals surface area (Å²) in [6.07, 6.45) is 1.01. The number of hydrogen-bond acceptors (Lipinski definition) is 3. The molecule has 1 amide bonds. The fourth-order valence-electron chi connectivity index (χ4n) is 2.12. The number of rotatable bonds is 6. The van der Waals surface area contributed by atoms with E-state index in [0.717, 1.165) is 10.6 Å². The molecule has 0 aromatic heterocycles. The Hall–Kier alpha value is -1.76. The number of carbonyl (C=O) groups is 1. The second kappa shape index (κ2) is 7.88. The molecule has 0 aliphatic heterocycles. The van der Waals surface area contributed by atoms with Crippen LogP contribution >= 0.6 is 23.2 Å². The summed E-state index contributed by atoms with van der Waals surface area (Å²) in [5.41, 5.74) is 0.819. The minimum atomic E-state index is -3.65. The number of para-hydroxylation sites is 2. The lowest BCUT2D eigenvalue weighted by molar-refractivity contribution is -0.116. The number of nitrogens with one attached hydrogen (secondary N) is 1. The molecule has 0 fully saturated rings. The van der Waals surface area contributed by atoms with Crippen molar-refractivity contribution < 1.29 is 13.2 Å². The van der Waals surface area contributed by atoms with Crippen LogP contribution in [0.5, 0.6) is 0 Å². The molecule has 0 atom stereocenters. The molecule has 0 radical (unpaired) electrons. The van der Waals surface area contributed by atoms with Gasteiger partial charge in [-0.2, -0.15) is 0 Å². The van der Waals surface area contributed by atoms with E-state index in [1.807, 2.05) is 6.07 Å². The molecule has 0 bridgehead atoms. The van der Waals surface area contributed by atoms with Gasteiger partial charge in [0.2, 0.25) is 15.9 Å². The minimum absolute atomic E-state index is 0.0382. The van der Waals surface area contributed by atoms with Gasteiger partial charge in [-0.05, 0) is 24.3 Å². The van der Waals surface area contributed by atoms with E-state index < -0.39 is 10.0 Å². The van der Waals surface area contributed by atoms with Gasteiger partial charge in [-0.25, -0.2) is 8.42 Å². The van der Waals surface area contributed by atoms with E-state index in [9.17, 15) is 13.2 Å². The normalized spacial score (nSPS) is 11.1. The zero-order valence-electron chi connectivity index (χ0n) is 12.9. The van der Waals surface area contributed by atoms with Crippen LogP contribution in [0.2, 0.25) is 10.0 Å². The Morgan fingerprint density at radius 2 is 1.62 bits per heavy atom. The molecule has 0 aliphatic carbocycles. The maximum atomic E-state index is 12.1. The molecule has 0 unspecified atom stereocenters. The van der Waals surface area contributed by atoms with Gasteiger partial charge in [0.15, 0.2) is 0 Å². The predicted molar refractivity (Wildman–Crippen MR) is 98.3 cm³/mol. The molecule has 1 N–H and O–H groups in total. The fraction of sp³-hybridized carbons (Fsp3) is 0.188. The van der Waals surface area contributed by atoms with Gasteiger partial charge < -0.3 is 5.32 Å². The molecular formula is C16H16Cl2N2O3S. The van der Waals surface area contributed by atoms with Crippen molar-refractivity contribution in [1.29, 1.82) is 0 Å². The maximum Gasteiger partial charge on any atom is 0.232 e. The first kappa shape index (κ1) is 18.6. The highest BCUT2D eigenvalue weighted by atomic mass is 35.5. The number of sulfonamides is 1. The first-order valence-corrected chi connectivity index (χ1v) is 9.66. The van der Waals surface area contributed by atoms with Crippen LogP contribution in [0.4, 0.5) is 11.4 Å². The molecule has 0 aliphatic rings. The molecule has 0 heterocycles. The van der Waals surface area contributed by atoms with Crippen LogP contribution in [-0.2, 0) is 14.8 Å². The third kappa shape index (κ3) is 4.87. The first-order chi connectivity index (χ1) is 11.3. The lowest BCUT2D eigenvalue weighted by Gasteiger charge is -2.24. The van der Waals surface area contributed by atoms with Crippen LogP contribution in [-0.4, -0.2) is 27.1 Å². The molecule has 0 saturated heterocycles. The highest BCUT2D eigenvalue weighted by molar-refractivity contribution is 7.92. The monoisotopic (exact) mass is 386 g/mol. The zero-order chi connectivity index (χ0) is 17.7. The molecule has 5 nitrogen and oxygen atoms in total. The molecule has 2 aromatic rings. The fourth-order valence-corrected chi connectivity index (χ4v) is 3.77. The SMILES string of the molecule is CS(=O)(=O)N(CCC(=O)Nc1ccccc1)c1c(Cl)cccc1Cl. The van der Waals surface area contributed by atoms with Crippen molar-refractivity contribution in [3.63, 3.8) is 0 Å². The Morgan fingerprint density at radius 1 is 1.04 bits per heavy atom. The number of halogens is 2. The highest BCUT2D eigenvalue weighted by Crippen LogP contribution is 2.35. The Kier molecular flexibility index (Phi) is 6.10. The van der Waals surface area contributed by atoms with Gasteiger partial charge in [-0.1, -0.05) is 47.5 Å². The molecule has 128 valence electrons. The summed E-state index contributed by atoms with van der Waals surface area (Å²) < 4.78 is 25.2. The van der Waals surface area contributed by atoms with Gasteiger partial charge in [0.1, 0.15) is 0 Å². The van der Waals surface area contributed by atoms with Gasteiger partial charge in [0, 0.05) is 18.7 Å². The lowest BCUT2D eigenvalue weighted by Crippen LogP contribution is -2.33. The highest BCUT2D eigenvalue weighted by Gasteiger charge is 2.23. The molecule has 0 saturated carbocycles. The summed E-state index contributed by atoms with van der Waals surface area (Å²) >= 11 is 12.2. The van der Waals surface area contributed by atoms with Crippen molar-refractivity contribution in [1.82, 2.24) is 0 Å². The van der Waals surface area contributed by atoms with Crippen molar-refractivity contribution in [2.75, 3.05) is 22.4 Å². The summed E-state index contributed by atoms with van der Waals surface area (Å²) in [5, 5.41) is 3.11. The molecular weight excluding hydrogens is 371 g/mol. The Balaban J connectivity index is 2.15. The summed E-state index contributed by atoms with van der Waals surface area (Å²) in [4.78, 5) is 12.0. The van der Waals surface area contributed by atoms with Gasteiger partial charge >= 0.3 is 0 Å². The third-order valence-electron chi connectivity index (χ3n) is 3.19. The first-order valence-electron chi connectivity index (χ1n) is 7.05. The Bertz CT molecular complexity index is 806. The standard InChI is InChI=1S/C16H16Cl2N2O3S/c1-24(22,23)20(16-13(17)8-5-9-14(16)18)11-10-15(21)19-12-6-3-2-4-7-12/h2-9H,10-11H2,1H3,(H,19,21). The van der Waals surface area contributed by atoms with Gasteiger partial charge in [-0.15, -0.1) is 0 Å². The Morgan fingerprint density at radius 3 is 2.17 bits per heavy atom. The third-order valence-corrected chi connectivity index (χ3v) is 4.96. The van der Waals surface area contributed by atoms with E-state index in [1.54, 1.807) is 42.5 Å². The predicted octanol–water partition coefficient (Wildman–Crippen LogP) is 3.79. The Labute approximate surface area is 151 Å². The van der Waals surface area contributed by atoms with E-state index in [1.165, 1.54) is 0 Å². The molecule has 2 rings (SSSR count). The molecule has 24 heavy (non-hydrogen) atoms. The summed E-state index contributed by atoms with van der Waals surface area (Å²) in [5.74, 6) is -0.307. The maximum absolute atomic E-state index is 12.1. The van der Waals surface area contributed by atoms with Crippen LogP contribution in [0.3, 0.4) is 0 Å². The van der Waals surface area contributed by atoms with E-state index in [2.05, 4.69) is 5.32 Å². The smallest absolute Gasteiger partial charge is 0.232 e. The second-order valence-corrected chi connectivity index (χ2v) is 7.79. The summed E-state index contributed by atoms with van der Waals surface area (Å²) in [6, 6.07) is 13.6. The van der Waals surface area contributed by atoms with E-state index >= 15 is 0 Å². The van der Waals surface area contributed by atoms with E-state index in [0.29, 0.717) is 5.69 Å². The quantitative estimate of drug-likeness (QED) is 0.820. The van der Waals surface area contributed by atoms with Crippen molar-refractivity contribution in [3.05, 3.63) is 58.6 Å². The number of carbonyl (C=O) groups excluding carboxylic acids is 1. The van der Waals surface area contributed by atoms with Crippen molar-refractivity contribution >= 4 is 50.5 Å². The van der Waals surface area contributed by atoms with Gasteiger partial charge in [0.05, 0.1) is 22.0 Å². The van der Waals surface area contributed by atoms with Crippen molar-refractivity contribution in [2.24, 2.45) is 0 Å². The topological polar surface area (TPSA) is 66.5 Å². The number of amides is 1. The average Bonchev–Trinajstić information content (AvgIpc) is 2.50. The average molecular weight is 387 g/mol. The van der Waals surface area contributed by atoms with Crippen LogP contribution in [0.15, 0.2) is 48.5 Å². The second-order valence-electron chi connectivity index (χ2n) is 5.07. The van der Waals surface area contributed by atoms with E-state index in [-0.39, 0.29) is 34.6 Å². The van der Waals surface area contributed by atoms with Crippen molar-refractivity contribution in [2.45, 2.75) is 6.42 Å². The van der Waals surface area contributed by atoms with Crippen molar-refractivity contribution in [3.8, 4) is 0 Å². The zero-order valence-corrected chi connectivity index (χ0v) is 15.2. The van der Waals surface area contributed by atoms with Crippen LogP contribution < -0.4 is 9.62 Å². The lowest BCUT2D eigenvalue weighted by atomic mass is 10.3. The number of hydrogen-bond donors (Lipinski definition) is 1.